The highest BCUT2D eigenvalue weighted by Crippen LogP contribution is 2.27. The molecule has 0 spiro atoms. The number of hydrogen-bond acceptors (Lipinski definition) is 4. The number of nitrogens with zero attached hydrogens (tertiary/aromatic N) is 1. The second-order valence-electron chi connectivity index (χ2n) is 19.4. The first kappa shape index (κ1) is 59.1. The first-order valence-corrected chi connectivity index (χ1v) is 27.5. The summed E-state index contributed by atoms with van der Waals surface area (Å²) in [6.07, 6.45) is 54.9. The molecule has 0 saturated heterocycles. The maximum absolute atomic E-state index is 11.8. The van der Waals surface area contributed by atoms with Gasteiger partial charge in [0.05, 0.1) is 0 Å². The third kappa shape index (κ3) is 38.7. The van der Waals surface area contributed by atoms with Gasteiger partial charge in [-0.1, -0.05) is 246 Å². The van der Waals surface area contributed by atoms with Gasteiger partial charge in [0.15, 0.2) is 0 Å². The number of allylic oxidation sites excluding steroid dienone is 2. The fourth-order valence-electron chi connectivity index (χ4n) is 9.50. The zero-order chi connectivity index (χ0) is 44.0. The molecule has 3 atom stereocenters. The first-order chi connectivity index (χ1) is 29.5. The van der Waals surface area contributed by atoms with E-state index in [1.165, 1.54) is 256 Å². The van der Waals surface area contributed by atoms with E-state index in [-0.39, 0.29) is 0 Å². The smallest absolute Gasteiger partial charge is 0.123 e. The van der Waals surface area contributed by atoms with Crippen LogP contribution in [0.15, 0.2) is 17.7 Å². The molecule has 60 heavy (non-hydrogen) atoms. The van der Waals surface area contributed by atoms with Gasteiger partial charge >= 0.3 is 0 Å². The van der Waals surface area contributed by atoms with Gasteiger partial charge in [-0.05, 0) is 82.5 Å². The van der Waals surface area contributed by atoms with E-state index in [4.69, 9.17) is 4.94 Å². The minimum Gasteiger partial charge on any atom is -0.234 e. The predicted octanol–water partition coefficient (Wildman–Crippen LogP) is 18.8. The van der Waals surface area contributed by atoms with Crippen molar-refractivity contribution < 1.29 is 9.73 Å². The highest BCUT2D eigenvalue weighted by molar-refractivity contribution is 5.52. The molecule has 0 radical (unpaired) electrons. The molecule has 0 saturated carbocycles. The Balaban J connectivity index is 4.63. The monoisotopic (exact) mass is 843 g/mol. The quantitative estimate of drug-likeness (QED) is 0.0287. The Morgan fingerprint density at radius 3 is 1.32 bits per heavy atom. The summed E-state index contributed by atoms with van der Waals surface area (Å²) >= 11 is 0. The van der Waals surface area contributed by atoms with Gasteiger partial charge in [-0.15, -0.1) is 0 Å². The third-order valence-electron chi connectivity index (χ3n) is 13.7. The van der Waals surface area contributed by atoms with E-state index in [2.05, 4.69) is 57.7 Å². The molecule has 0 aliphatic rings. The van der Waals surface area contributed by atoms with Crippen LogP contribution in [0, 0.1) is 11.8 Å². The lowest BCUT2D eigenvalue weighted by atomic mass is 9.89. The van der Waals surface area contributed by atoms with Crippen LogP contribution < -0.4 is 5.48 Å². The average Bonchev–Trinajstić information content (AvgIpc) is 3.26. The van der Waals surface area contributed by atoms with Gasteiger partial charge in [-0.2, -0.15) is 10.5 Å². The van der Waals surface area contributed by atoms with E-state index < -0.39 is 0 Å². The van der Waals surface area contributed by atoms with E-state index in [9.17, 15) is 4.79 Å². The van der Waals surface area contributed by atoms with E-state index in [0.717, 1.165) is 43.2 Å². The predicted molar refractivity (Wildman–Crippen MR) is 268 cm³/mol. The Bertz CT molecular complexity index is 928. The molecule has 0 aliphatic carbocycles. The molecule has 0 heterocycles. The van der Waals surface area contributed by atoms with Crippen molar-refractivity contribution in [3.63, 3.8) is 0 Å². The standard InChI is InChI=1S/C56H110N2O2/c1-8-13-18-21-30-37-50-58(60-57-7)56(44-35-28-24-22-26-31-38-52(6)46-47-53(39-16-11-4)41-32-19-14-9-2)45-36-29-25-23-27-34-43-55(51-59)49-48-54(40-17-12-5)42-33-20-15-10-3/h53-54,56-57H,6,8-50H2,1-5,7H3. The Morgan fingerprint density at radius 2 is 0.833 bits per heavy atom. The van der Waals surface area contributed by atoms with Crippen LogP contribution in [0.5, 0.6) is 0 Å². The fraction of sp³-hybridized carbons (Fsp3) is 0.929. The van der Waals surface area contributed by atoms with Crippen molar-refractivity contribution in [1.29, 1.82) is 0 Å². The van der Waals surface area contributed by atoms with E-state index in [1.807, 2.05) is 7.05 Å². The highest BCUT2D eigenvalue weighted by atomic mass is 16.8. The Morgan fingerprint density at radius 1 is 0.450 bits per heavy atom. The Labute approximate surface area is 378 Å². The van der Waals surface area contributed by atoms with E-state index >= 15 is 0 Å². The summed E-state index contributed by atoms with van der Waals surface area (Å²) in [5.41, 5.74) is 5.61. The molecule has 356 valence electrons. The molecule has 0 bridgehead atoms. The molecule has 4 nitrogen and oxygen atoms in total. The van der Waals surface area contributed by atoms with Crippen LogP contribution in [-0.4, -0.2) is 30.6 Å². The van der Waals surface area contributed by atoms with Crippen LogP contribution in [0.25, 0.3) is 0 Å². The van der Waals surface area contributed by atoms with E-state index in [0.29, 0.717) is 6.04 Å². The maximum Gasteiger partial charge on any atom is 0.123 e. The summed E-state index contributed by atoms with van der Waals surface area (Å²) in [6, 6.07) is 0.497. The van der Waals surface area contributed by atoms with Gasteiger partial charge in [0.1, 0.15) is 5.94 Å². The number of carbonyl (C=O) groups excluding carboxylic acids is 1. The van der Waals surface area contributed by atoms with Gasteiger partial charge in [0.25, 0.3) is 0 Å². The second kappa shape index (κ2) is 47.5. The summed E-state index contributed by atoms with van der Waals surface area (Å²) in [4.78, 5) is 17.9. The van der Waals surface area contributed by atoms with Crippen LogP contribution in [0.4, 0.5) is 0 Å². The van der Waals surface area contributed by atoms with Crippen LogP contribution in [0.2, 0.25) is 0 Å². The van der Waals surface area contributed by atoms with Crippen molar-refractivity contribution in [2.24, 2.45) is 11.8 Å². The largest absolute Gasteiger partial charge is 0.234 e. The van der Waals surface area contributed by atoms with Gasteiger partial charge < -0.3 is 0 Å². The van der Waals surface area contributed by atoms with Crippen LogP contribution >= 0.6 is 0 Å². The zero-order valence-corrected chi connectivity index (χ0v) is 42.1. The fourth-order valence-corrected chi connectivity index (χ4v) is 9.50. The number of unbranched alkanes of at least 4 members (excludes halogenated alkanes) is 23. The van der Waals surface area contributed by atoms with Gasteiger partial charge in [-0.3, -0.25) is 0 Å². The Kier molecular flexibility index (Phi) is 46.8. The zero-order valence-electron chi connectivity index (χ0n) is 42.1. The summed E-state index contributed by atoms with van der Waals surface area (Å²) in [7, 11) is 1.92. The SMILES string of the molecule is C=C(CCCCCCCCC(CCCCCCCCC(=C=O)CCC(CCCC)CCCCCC)N(CCCCCCCC)ONC)CCC(CCCC)CCCCCC. The number of hydrogen-bond donors (Lipinski definition) is 1. The molecule has 0 aliphatic heterocycles. The second-order valence-corrected chi connectivity index (χ2v) is 19.4. The summed E-state index contributed by atoms with van der Waals surface area (Å²) in [5.74, 6) is 4.08. The van der Waals surface area contributed by atoms with Crippen LogP contribution in [0.3, 0.4) is 0 Å². The summed E-state index contributed by atoms with van der Waals surface area (Å²) in [6.45, 7) is 17.1. The molecular formula is C56H110N2O2. The molecule has 0 aromatic heterocycles. The molecule has 0 rings (SSSR count). The van der Waals surface area contributed by atoms with Crippen molar-refractivity contribution in [3.05, 3.63) is 17.7 Å². The molecule has 0 aromatic carbocycles. The lowest BCUT2D eigenvalue weighted by molar-refractivity contribution is -0.230. The van der Waals surface area contributed by atoms with Crippen molar-refractivity contribution in [3.8, 4) is 0 Å². The molecule has 1 N–H and O–H groups in total. The summed E-state index contributed by atoms with van der Waals surface area (Å²) in [5, 5.41) is 2.31. The Hall–Kier alpha value is -0.930. The van der Waals surface area contributed by atoms with Crippen molar-refractivity contribution in [2.45, 2.75) is 310 Å². The molecule has 0 aromatic rings. The van der Waals surface area contributed by atoms with Crippen molar-refractivity contribution >= 4 is 5.94 Å². The average molecular weight is 844 g/mol. The molecular weight excluding hydrogens is 733 g/mol. The topological polar surface area (TPSA) is 41.6 Å². The van der Waals surface area contributed by atoms with Crippen LogP contribution in [0.1, 0.15) is 304 Å². The molecule has 0 amide bonds. The molecule has 0 fully saturated rings. The number of nitrogens with one attached hydrogen (secondary N) is 1. The molecule has 4 heteroatoms. The lowest BCUT2D eigenvalue weighted by Crippen LogP contribution is -2.39. The van der Waals surface area contributed by atoms with Gasteiger partial charge in [0.2, 0.25) is 0 Å². The summed E-state index contributed by atoms with van der Waals surface area (Å²) < 4.78 is 0. The van der Waals surface area contributed by atoms with E-state index in [1.54, 1.807) is 0 Å². The highest BCUT2D eigenvalue weighted by Gasteiger charge is 2.19. The lowest BCUT2D eigenvalue weighted by Gasteiger charge is -2.30. The van der Waals surface area contributed by atoms with Crippen molar-refractivity contribution in [2.75, 3.05) is 13.6 Å². The first-order valence-electron chi connectivity index (χ1n) is 27.5. The van der Waals surface area contributed by atoms with Gasteiger partial charge in [0, 0.05) is 25.2 Å². The minimum atomic E-state index is 0.497. The third-order valence-corrected chi connectivity index (χ3v) is 13.7. The maximum atomic E-state index is 11.8. The minimum absolute atomic E-state index is 0.497. The number of rotatable bonds is 50. The van der Waals surface area contributed by atoms with Crippen LogP contribution in [-0.2, 0) is 9.73 Å². The normalized spacial score (nSPS) is 13.2. The molecule has 3 unspecified atom stereocenters. The van der Waals surface area contributed by atoms with Crippen molar-refractivity contribution in [1.82, 2.24) is 10.5 Å². The number of hydroxylamine groups is 3. The van der Waals surface area contributed by atoms with Gasteiger partial charge in [-0.25, -0.2) is 9.73 Å².